The van der Waals surface area contributed by atoms with E-state index in [9.17, 15) is 19.2 Å². The quantitative estimate of drug-likeness (QED) is 0.529. The van der Waals surface area contributed by atoms with Crippen molar-refractivity contribution in [2.24, 2.45) is 0 Å². The van der Waals surface area contributed by atoms with Crippen LogP contribution in [0.5, 0.6) is 0 Å². The Bertz CT molecular complexity index is 717. The van der Waals surface area contributed by atoms with Gasteiger partial charge in [0.05, 0.1) is 6.04 Å². The Hall–Kier alpha value is -2.90. The van der Waals surface area contributed by atoms with Gasteiger partial charge in [-0.05, 0) is 32.8 Å². The van der Waals surface area contributed by atoms with Crippen molar-refractivity contribution < 1.29 is 23.9 Å². The first-order chi connectivity index (χ1) is 12.7. The van der Waals surface area contributed by atoms with E-state index in [2.05, 4.69) is 10.6 Å². The molecule has 1 aliphatic heterocycles. The van der Waals surface area contributed by atoms with Crippen LogP contribution in [0.3, 0.4) is 0 Å². The summed E-state index contributed by atoms with van der Waals surface area (Å²) in [5.41, 5.74) is 0.0270. The number of urea groups is 1. The molecule has 1 aliphatic rings. The predicted molar refractivity (Wildman–Crippen MR) is 97.5 cm³/mol. The first kappa shape index (κ1) is 20.4. The molecule has 2 N–H and O–H groups in total. The molecule has 1 aromatic carbocycles. The van der Waals surface area contributed by atoms with Gasteiger partial charge in [-0.15, -0.1) is 0 Å². The van der Waals surface area contributed by atoms with E-state index in [1.807, 2.05) is 37.3 Å². The number of carbonyl (C=O) groups is 4. The molecule has 1 aromatic rings. The first-order valence-corrected chi connectivity index (χ1v) is 8.85. The van der Waals surface area contributed by atoms with Crippen LogP contribution in [0, 0.1) is 0 Å². The minimum absolute atomic E-state index is 0.0129. The van der Waals surface area contributed by atoms with E-state index in [0.29, 0.717) is 0 Å². The maximum atomic E-state index is 12.0. The lowest BCUT2D eigenvalue weighted by molar-refractivity contribution is -0.149. The summed E-state index contributed by atoms with van der Waals surface area (Å²) in [6.45, 7) is 4.84. The maximum Gasteiger partial charge on any atom is 0.325 e. The summed E-state index contributed by atoms with van der Waals surface area (Å²) in [7, 11) is 0. The van der Waals surface area contributed by atoms with Gasteiger partial charge in [0.2, 0.25) is 0 Å². The van der Waals surface area contributed by atoms with Gasteiger partial charge in [0.15, 0.2) is 6.61 Å². The van der Waals surface area contributed by atoms with Crippen molar-refractivity contribution in [3.8, 4) is 0 Å². The van der Waals surface area contributed by atoms with Crippen molar-refractivity contribution in [1.29, 1.82) is 0 Å². The van der Waals surface area contributed by atoms with Crippen LogP contribution in [0.2, 0.25) is 0 Å². The Kier molecular flexibility index (Phi) is 6.55. The number of nitrogens with one attached hydrogen (secondary N) is 2. The minimum atomic E-state index is -0.925. The molecule has 27 heavy (non-hydrogen) atoms. The number of carbonyl (C=O) groups excluding carboxylic acids is 4. The Labute approximate surface area is 158 Å². The number of hydrogen-bond donors (Lipinski definition) is 2. The van der Waals surface area contributed by atoms with Crippen LogP contribution in [0.15, 0.2) is 30.3 Å². The molecule has 8 nitrogen and oxygen atoms in total. The van der Waals surface area contributed by atoms with Crippen LogP contribution in [-0.4, -0.2) is 47.4 Å². The molecule has 146 valence electrons. The molecule has 0 bridgehead atoms. The molecule has 1 atom stereocenters. The maximum absolute atomic E-state index is 12.0. The van der Waals surface area contributed by atoms with Gasteiger partial charge in [0.1, 0.15) is 5.54 Å². The molecule has 0 saturated carbocycles. The zero-order chi connectivity index (χ0) is 20.0. The normalized spacial score (nSPS) is 16.6. The molecule has 1 fully saturated rings. The Morgan fingerprint density at radius 1 is 1.22 bits per heavy atom. The highest BCUT2D eigenvalue weighted by atomic mass is 16.5. The number of benzene rings is 1. The average Bonchev–Trinajstić information content (AvgIpc) is 2.82. The zero-order valence-electron chi connectivity index (χ0n) is 15.8. The second kappa shape index (κ2) is 8.66. The van der Waals surface area contributed by atoms with Crippen LogP contribution >= 0.6 is 0 Å². The molecule has 0 aromatic heterocycles. The molecular formula is C19H25N3O5. The van der Waals surface area contributed by atoms with Crippen molar-refractivity contribution >= 4 is 23.8 Å². The molecule has 0 aliphatic carbocycles. The molecule has 1 saturated heterocycles. The summed E-state index contributed by atoms with van der Waals surface area (Å²) in [5.74, 6) is -1.27. The highest BCUT2D eigenvalue weighted by molar-refractivity contribution is 6.06. The van der Waals surface area contributed by atoms with E-state index < -0.39 is 23.4 Å². The third-order valence-electron chi connectivity index (χ3n) is 4.25. The van der Waals surface area contributed by atoms with Crippen molar-refractivity contribution in [3.05, 3.63) is 35.9 Å². The zero-order valence-corrected chi connectivity index (χ0v) is 15.8. The number of nitrogens with zero attached hydrogens (tertiary/aromatic N) is 1. The number of esters is 1. The minimum Gasteiger partial charge on any atom is -0.456 e. The van der Waals surface area contributed by atoms with Crippen molar-refractivity contribution in [1.82, 2.24) is 15.5 Å². The molecule has 8 heteroatoms. The molecule has 0 unspecified atom stereocenters. The number of rotatable bonds is 8. The van der Waals surface area contributed by atoms with Gasteiger partial charge in [-0.25, -0.2) is 4.79 Å². The van der Waals surface area contributed by atoms with E-state index in [1.165, 1.54) is 0 Å². The van der Waals surface area contributed by atoms with Gasteiger partial charge in [0.25, 0.3) is 11.8 Å². The number of amides is 4. The molecule has 4 amide bonds. The Balaban J connectivity index is 1.67. The monoisotopic (exact) mass is 375 g/mol. The summed E-state index contributed by atoms with van der Waals surface area (Å²) in [6.07, 6.45) is 0.287. The second-order valence-corrected chi connectivity index (χ2v) is 6.98. The summed E-state index contributed by atoms with van der Waals surface area (Å²) in [4.78, 5) is 48.5. The van der Waals surface area contributed by atoms with Crippen LogP contribution in [-0.2, 0) is 19.1 Å². The molecule has 2 rings (SSSR count). The van der Waals surface area contributed by atoms with E-state index in [-0.39, 0.29) is 37.9 Å². The third-order valence-corrected chi connectivity index (χ3v) is 4.25. The highest BCUT2D eigenvalue weighted by Gasteiger charge is 2.43. The molecule has 1 heterocycles. The highest BCUT2D eigenvalue weighted by Crippen LogP contribution is 2.17. The Morgan fingerprint density at radius 2 is 1.89 bits per heavy atom. The van der Waals surface area contributed by atoms with Gasteiger partial charge < -0.3 is 15.4 Å². The molecule has 0 spiro atoms. The number of hydrogen-bond acceptors (Lipinski definition) is 5. The summed E-state index contributed by atoms with van der Waals surface area (Å²) in [5, 5.41) is 5.32. The number of imide groups is 1. The lowest BCUT2D eigenvalue weighted by atomic mass is 10.1. The topological polar surface area (TPSA) is 105 Å². The summed E-state index contributed by atoms with van der Waals surface area (Å²) >= 11 is 0. The van der Waals surface area contributed by atoms with Gasteiger partial charge in [0, 0.05) is 13.0 Å². The predicted octanol–water partition coefficient (Wildman–Crippen LogP) is 1.52. The van der Waals surface area contributed by atoms with Crippen LogP contribution in [0.1, 0.15) is 45.2 Å². The fraction of sp³-hybridized carbons (Fsp3) is 0.474. The van der Waals surface area contributed by atoms with Crippen LogP contribution < -0.4 is 10.6 Å². The van der Waals surface area contributed by atoms with Crippen LogP contribution in [0.25, 0.3) is 0 Å². The smallest absolute Gasteiger partial charge is 0.325 e. The van der Waals surface area contributed by atoms with Gasteiger partial charge >= 0.3 is 12.0 Å². The molecular weight excluding hydrogens is 350 g/mol. The lowest BCUT2D eigenvalue weighted by Gasteiger charge is -2.16. The van der Waals surface area contributed by atoms with Gasteiger partial charge in [-0.2, -0.15) is 0 Å². The van der Waals surface area contributed by atoms with Crippen molar-refractivity contribution in [3.63, 3.8) is 0 Å². The van der Waals surface area contributed by atoms with Crippen molar-refractivity contribution in [2.45, 2.75) is 45.2 Å². The van der Waals surface area contributed by atoms with E-state index >= 15 is 0 Å². The standard InChI is InChI=1S/C19H25N3O5/c1-13(14-8-5-4-6-9-14)20-15(23)12-27-16(24)10-7-11-22-17(25)19(2,3)21-18(22)26/h4-6,8-9,13H,7,10-12H2,1-3H3,(H,20,23)(H,21,26)/t13-/m1/s1. The van der Waals surface area contributed by atoms with Crippen LogP contribution in [0.4, 0.5) is 4.79 Å². The van der Waals surface area contributed by atoms with Crippen molar-refractivity contribution in [2.75, 3.05) is 13.2 Å². The van der Waals surface area contributed by atoms with E-state index in [1.54, 1.807) is 13.8 Å². The average molecular weight is 375 g/mol. The Morgan fingerprint density at radius 3 is 2.48 bits per heavy atom. The third kappa shape index (κ3) is 5.54. The lowest BCUT2D eigenvalue weighted by Crippen LogP contribution is -2.40. The van der Waals surface area contributed by atoms with E-state index in [0.717, 1.165) is 10.5 Å². The van der Waals surface area contributed by atoms with Gasteiger partial charge in [-0.1, -0.05) is 30.3 Å². The molecule has 0 radical (unpaired) electrons. The summed E-state index contributed by atoms with van der Waals surface area (Å²) < 4.78 is 4.94. The summed E-state index contributed by atoms with van der Waals surface area (Å²) in [6, 6.07) is 8.78. The van der Waals surface area contributed by atoms with Gasteiger partial charge in [-0.3, -0.25) is 19.3 Å². The first-order valence-electron chi connectivity index (χ1n) is 8.85. The fourth-order valence-corrected chi connectivity index (χ4v) is 2.73. The SMILES string of the molecule is C[C@@H](NC(=O)COC(=O)CCCN1C(=O)NC(C)(C)C1=O)c1ccccc1. The fourth-order valence-electron chi connectivity index (χ4n) is 2.73. The largest absolute Gasteiger partial charge is 0.456 e. The second-order valence-electron chi connectivity index (χ2n) is 6.98. The number of ether oxygens (including phenoxy) is 1. The van der Waals surface area contributed by atoms with E-state index in [4.69, 9.17) is 4.74 Å².